The average molecular weight is 589 g/mol. The van der Waals surface area contributed by atoms with Crippen molar-refractivity contribution in [3.8, 4) is 28.0 Å². The molecule has 0 aliphatic rings. The normalized spacial score (nSPS) is 11.3. The van der Waals surface area contributed by atoms with Crippen LogP contribution in [0.3, 0.4) is 0 Å². The molecule has 0 heterocycles. The summed E-state index contributed by atoms with van der Waals surface area (Å²) < 4.78 is 105. The Hall–Kier alpha value is -4.04. The van der Waals surface area contributed by atoms with Gasteiger partial charge in [-0.15, -0.1) is 0 Å². The maximum atomic E-state index is 15.2. The molecule has 0 amide bonds. The Morgan fingerprint density at radius 2 is 1.27 bits per heavy atom. The molecular formula is C32H20ClF7O. The molecule has 5 aromatic carbocycles. The number of ether oxygens (including phenoxy) is 1. The summed E-state index contributed by atoms with van der Waals surface area (Å²) >= 11 is 6.50. The van der Waals surface area contributed by atoms with E-state index in [4.69, 9.17) is 16.3 Å². The van der Waals surface area contributed by atoms with Crippen LogP contribution in [0, 0.1) is 40.7 Å². The van der Waals surface area contributed by atoms with Gasteiger partial charge < -0.3 is 4.74 Å². The van der Waals surface area contributed by atoms with Gasteiger partial charge in [-0.3, -0.25) is 0 Å². The van der Waals surface area contributed by atoms with Gasteiger partial charge in [-0.05, 0) is 34.6 Å². The van der Waals surface area contributed by atoms with Crippen LogP contribution in [0.5, 0.6) is 5.75 Å². The number of rotatable bonds is 7. The van der Waals surface area contributed by atoms with Crippen molar-refractivity contribution in [2.24, 2.45) is 0 Å². The van der Waals surface area contributed by atoms with Crippen LogP contribution in [-0.4, -0.2) is 0 Å². The molecule has 0 fully saturated rings. The molecule has 0 saturated heterocycles. The van der Waals surface area contributed by atoms with E-state index in [2.05, 4.69) is 6.92 Å². The van der Waals surface area contributed by atoms with E-state index in [0.717, 1.165) is 24.0 Å². The zero-order valence-corrected chi connectivity index (χ0v) is 22.2. The van der Waals surface area contributed by atoms with Crippen molar-refractivity contribution in [2.75, 3.05) is 0 Å². The van der Waals surface area contributed by atoms with Crippen LogP contribution < -0.4 is 4.74 Å². The largest absolute Gasteiger partial charge is 0.488 e. The van der Waals surface area contributed by atoms with Gasteiger partial charge >= 0.3 is 0 Å². The second-order valence-corrected chi connectivity index (χ2v) is 9.79. The van der Waals surface area contributed by atoms with Gasteiger partial charge in [-0.25, -0.2) is 30.7 Å². The minimum absolute atomic E-state index is 0.120. The Balaban J connectivity index is 1.49. The second-order valence-electron chi connectivity index (χ2n) is 9.41. The summed E-state index contributed by atoms with van der Waals surface area (Å²) in [6, 6.07) is 17.0. The van der Waals surface area contributed by atoms with E-state index in [-0.39, 0.29) is 10.6 Å². The van der Waals surface area contributed by atoms with E-state index in [1.54, 1.807) is 12.1 Å². The molecule has 210 valence electrons. The van der Waals surface area contributed by atoms with Crippen molar-refractivity contribution < 1.29 is 35.5 Å². The fourth-order valence-electron chi connectivity index (χ4n) is 4.63. The monoisotopic (exact) mass is 588 g/mol. The van der Waals surface area contributed by atoms with E-state index in [0.29, 0.717) is 22.9 Å². The fraction of sp³-hybridized carbons (Fsp3) is 0.125. The molecule has 0 bridgehead atoms. The molecule has 0 unspecified atom stereocenters. The number of benzene rings is 5. The molecule has 0 atom stereocenters. The van der Waals surface area contributed by atoms with Crippen LogP contribution in [0.2, 0.25) is 5.02 Å². The van der Waals surface area contributed by atoms with Gasteiger partial charge in [0, 0.05) is 23.1 Å². The molecule has 0 spiro atoms. The van der Waals surface area contributed by atoms with Crippen LogP contribution in [-0.2, 0) is 13.0 Å². The smallest absolute Gasteiger partial charge is 0.194 e. The lowest BCUT2D eigenvalue weighted by molar-refractivity contribution is 0.281. The van der Waals surface area contributed by atoms with Crippen molar-refractivity contribution in [1.82, 2.24) is 0 Å². The third-order valence-electron chi connectivity index (χ3n) is 6.74. The molecule has 0 aliphatic carbocycles. The van der Waals surface area contributed by atoms with E-state index >= 15 is 8.78 Å². The van der Waals surface area contributed by atoms with Gasteiger partial charge in [0.25, 0.3) is 0 Å². The maximum Gasteiger partial charge on any atom is 0.194 e. The molecule has 9 heteroatoms. The zero-order valence-electron chi connectivity index (χ0n) is 21.4. The first kappa shape index (κ1) is 28.5. The zero-order chi connectivity index (χ0) is 29.4. The molecule has 0 aromatic heterocycles. The first-order valence-corrected chi connectivity index (χ1v) is 12.9. The van der Waals surface area contributed by atoms with E-state index in [9.17, 15) is 22.0 Å². The summed E-state index contributed by atoms with van der Waals surface area (Å²) in [6.45, 7) is 0.963. The molecule has 1 nitrogen and oxygen atoms in total. The number of halogens is 8. The summed E-state index contributed by atoms with van der Waals surface area (Å²) in [7, 11) is 0. The first-order chi connectivity index (χ1) is 19.6. The second kappa shape index (κ2) is 11.4. The van der Waals surface area contributed by atoms with Crippen LogP contribution >= 0.6 is 11.6 Å². The van der Waals surface area contributed by atoms with Crippen molar-refractivity contribution in [1.29, 1.82) is 0 Å². The van der Waals surface area contributed by atoms with Crippen molar-refractivity contribution in [3.63, 3.8) is 0 Å². The van der Waals surface area contributed by atoms with Gasteiger partial charge in [-0.2, -0.15) is 0 Å². The number of fused-ring (bicyclic) bond motifs is 1. The molecule has 5 aromatic rings. The lowest BCUT2D eigenvalue weighted by Gasteiger charge is -2.15. The molecule has 5 rings (SSSR count). The molecule has 0 saturated carbocycles. The minimum Gasteiger partial charge on any atom is -0.488 e. The molecule has 0 N–H and O–H groups in total. The highest BCUT2D eigenvalue weighted by Crippen LogP contribution is 2.40. The van der Waals surface area contributed by atoms with Crippen molar-refractivity contribution in [3.05, 3.63) is 124 Å². The van der Waals surface area contributed by atoms with Gasteiger partial charge in [0.2, 0.25) is 0 Å². The Morgan fingerprint density at radius 3 is 1.88 bits per heavy atom. The van der Waals surface area contributed by atoms with Gasteiger partial charge in [-0.1, -0.05) is 73.5 Å². The Bertz CT molecular complexity index is 1730. The van der Waals surface area contributed by atoms with Crippen LogP contribution in [0.4, 0.5) is 30.7 Å². The van der Waals surface area contributed by atoms with E-state index in [1.165, 1.54) is 17.7 Å². The summed E-state index contributed by atoms with van der Waals surface area (Å²) in [5, 5.41) is 0.924. The fourth-order valence-corrected chi connectivity index (χ4v) is 4.96. The third kappa shape index (κ3) is 5.36. The number of aryl methyl sites for hydroxylation is 1. The quantitative estimate of drug-likeness (QED) is 0.104. The molecule has 0 radical (unpaired) electrons. The summed E-state index contributed by atoms with van der Waals surface area (Å²) in [4.78, 5) is 0. The maximum absolute atomic E-state index is 15.2. The Kier molecular flexibility index (Phi) is 7.95. The summed E-state index contributed by atoms with van der Waals surface area (Å²) in [6.07, 6.45) is 1.99. The predicted octanol–water partition coefficient (Wildman–Crippen LogP) is 10.3. The topological polar surface area (TPSA) is 9.23 Å². The van der Waals surface area contributed by atoms with Crippen molar-refractivity contribution in [2.45, 2.75) is 26.4 Å². The van der Waals surface area contributed by atoms with Crippen LogP contribution in [0.25, 0.3) is 33.0 Å². The number of hydrogen-bond acceptors (Lipinski definition) is 1. The minimum atomic E-state index is -1.78. The molecule has 0 aliphatic heterocycles. The highest BCUT2D eigenvalue weighted by molar-refractivity contribution is 6.38. The first-order valence-electron chi connectivity index (χ1n) is 12.5. The van der Waals surface area contributed by atoms with Gasteiger partial charge in [0.15, 0.2) is 40.7 Å². The van der Waals surface area contributed by atoms with Crippen molar-refractivity contribution >= 4 is 22.4 Å². The van der Waals surface area contributed by atoms with Gasteiger partial charge in [0.05, 0.1) is 16.1 Å². The van der Waals surface area contributed by atoms with E-state index < -0.39 is 64.2 Å². The summed E-state index contributed by atoms with van der Waals surface area (Å²) in [5.41, 5.74) is 0.578. The van der Waals surface area contributed by atoms with Gasteiger partial charge in [0.1, 0.15) is 12.4 Å². The average Bonchev–Trinajstić information content (AvgIpc) is 2.96. The SMILES string of the molecule is CCCc1ccc(-c2ccc3c(Cl)c(-c4c(F)c(F)c(COc5cc(F)c(F)c(F)c5)c(F)c4F)ccc3c2)cc1. The lowest BCUT2D eigenvalue weighted by Crippen LogP contribution is -2.10. The lowest BCUT2D eigenvalue weighted by atomic mass is 9.95. The third-order valence-corrected chi connectivity index (χ3v) is 7.15. The Morgan fingerprint density at radius 1 is 0.659 bits per heavy atom. The highest BCUT2D eigenvalue weighted by Gasteiger charge is 2.28. The van der Waals surface area contributed by atoms with E-state index in [1.807, 2.05) is 30.3 Å². The highest BCUT2D eigenvalue weighted by atomic mass is 35.5. The Labute approximate surface area is 235 Å². The summed E-state index contributed by atoms with van der Waals surface area (Å²) in [5.74, 6) is -12.7. The van der Waals surface area contributed by atoms with Crippen LogP contribution in [0.15, 0.2) is 66.7 Å². The predicted molar refractivity (Wildman–Crippen MR) is 144 cm³/mol. The standard InChI is InChI=1S/C32H20ClF7O/c1-2-3-16-4-6-17(7-5-16)18-8-10-21-19(12-18)9-11-22(27(21)33)26-31(39)28(36)23(29(37)32(26)40)15-41-20-13-24(34)30(38)25(35)14-20/h4-14H,2-3,15H2,1H3. The molecule has 41 heavy (non-hydrogen) atoms. The molecular weight excluding hydrogens is 569 g/mol. The number of hydrogen-bond donors (Lipinski definition) is 0. The van der Waals surface area contributed by atoms with Crippen LogP contribution in [0.1, 0.15) is 24.5 Å².